The lowest BCUT2D eigenvalue weighted by Crippen LogP contribution is -2.29. The Morgan fingerprint density at radius 3 is 2.52 bits per heavy atom. The molecule has 0 aliphatic heterocycles. The monoisotopic (exact) mass is 325 g/mol. The molecule has 0 saturated heterocycles. The second-order valence-corrected chi connectivity index (χ2v) is 4.77. The Balaban J connectivity index is 2.15. The summed E-state index contributed by atoms with van der Waals surface area (Å²) in [6.45, 7) is 2.96. The molecule has 3 amide bonds. The molecule has 0 aliphatic rings. The van der Waals surface area contributed by atoms with Gasteiger partial charge in [0, 0.05) is 12.1 Å². The van der Waals surface area contributed by atoms with Gasteiger partial charge < -0.3 is 10.1 Å². The van der Waals surface area contributed by atoms with Crippen molar-refractivity contribution in [3.63, 3.8) is 0 Å². The number of unbranched alkanes of at least 4 members (excludes halogenated alkanes) is 1. The van der Waals surface area contributed by atoms with E-state index in [2.05, 4.69) is 10.8 Å². The molecule has 0 atom stereocenters. The van der Waals surface area contributed by atoms with Gasteiger partial charge in [0.15, 0.2) is 0 Å². The molecule has 0 aromatic heterocycles. The maximum absolute atomic E-state index is 11.6. The number of nitrogens with one attached hydrogen (secondary N) is 3. The van der Waals surface area contributed by atoms with Crippen molar-refractivity contribution >= 4 is 17.6 Å². The van der Waals surface area contributed by atoms with Gasteiger partial charge in [0.05, 0.1) is 13.2 Å². The zero-order valence-electron chi connectivity index (χ0n) is 13.1. The number of hydrogen-bond acceptors (Lipinski definition) is 5. The molecular weight excluding hydrogens is 302 g/mol. The first-order valence-electron chi connectivity index (χ1n) is 7.50. The molecule has 128 valence electrons. The maximum Gasteiger partial charge on any atom is 0.343 e. The molecule has 1 aromatic rings. The molecular formula is C15H23N3O5. The van der Waals surface area contributed by atoms with E-state index in [0.29, 0.717) is 25.1 Å². The molecule has 8 nitrogen and oxygen atoms in total. The van der Waals surface area contributed by atoms with Crippen molar-refractivity contribution in [3.05, 3.63) is 24.3 Å². The highest BCUT2D eigenvalue weighted by atomic mass is 16.7. The van der Waals surface area contributed by atoms with Gasteiger partial charge in [-0.15, -0.1) is 0 Å². The number of carbonyl (C=O) groups is 2. The van der Waals surface area contributed by atoms with Crippen LogP contribution in [0.25, 0.3) is 0 Å². The summed E-state index contributed by atoms with van der Waals surface area (Å²) in [5.41, 5.74) is 4.42. The maximum atomic E-state index is 11.6. The number of carbonyl (C=O) groups excluding carboxylic acids is 2. The molecule has 0 saturated carbocycles. The molecule has 0 heterocycles. The number of urea groups is 1. The Labute approximate surface area is 135 Å². The average Bonchev–Trinajstić information content (AvgIpc) is 2.57. The van der Waals surface area contributed by atoms with Gasteiger partial charge >= 0.3 is 6.03 Å². The van der Waals surface area contributed by atoms with Gasteiger partial charge in [-0.3, -0.25) is 14.8 Å². The predicted molar refractivity (Wildman–Crippen MR) is 84.1 cm³/mol. The van der Waals surface area contributed by atoms with Crippen LogP contribution >= 0.6 is 0 Å². The minimum atomic E-state index is -0.486. The highest BCUT2D eigenvalue weighted by molar-refractivity contribution is 5.88. The van der Waals surface area contributed by atoms with Gasteiger partial charge in [-0.2, -0.15) is 0 Å². The van der Waals surface area contributed by atoms with Crippen LogP contribution in [0.1, 0.15) is 32.6 Å². The number of ether oxygens (including phenoxy) is 1. The third-order valence-corrected chi connectivity index (χ3v) is 2.77. The first-order chi connectivity index (χ1) is 11.2. The summed E-state index contributed by atoms with van der Waals surface area (Å²) in [6, 6.07) is 6.53. The van der Waals surface area contributed by atoms with E-state index in [1.165, 1.54) is 0 Å². The zero-order chi connectivity index (χ0) is 16.9. The van der Waals surface area contributed by atoms with Gasteiger partial charge in [0.25, 0.3) is 0 Å². The van der Waals surface area contributed by atoms with Crippen molar-refractivity contribution in [2.24, 2.45) is 0 Å². The normalized spacial score (nSPS) is 10.0. The first-order valence-corrected chi connectivity index (χ1v) is 7.50. The van der Waals surface area contributed by atoms with Gasteiger partial charge in [-0.25, -0.2) is 15.8 Å². The number of hydroxylamine groups is 2. The van der Waals surface area contributed by atoms with Crippen LogP contribution in [0, 0.1) is 0 Å². The summed E-state index contributed by atoms with van der Waals surface area (Å²) in [6.07, 6.45) is 2.27. The number of benzene rings is 1. The Kier molecular flexibility index (Phi) is 9.18. The van der Waals surface area contributed by atoms with Gasteiger partial charge in [-0.1, -0.05) is 6.92 Å². The Hall–Kier alpha value is -2.32. The van der Waals surface area contributed by atoms with E-state index < -0.39 is 11.9 Å². The zero-order valence-corrected chi connectivity index (χ0v) is 13.1. The van der Waals surface area contributed by atoms with E-state index in [0.717, 1.165) is 12.2 Å². The van der Waals surface area contributed by atoms with Crippen LogP contribution in [0.3, 0.4) is 0 Å². The molecule has 1 aromatic carbocycles. The second kappa shape index (κ2) is 11.3. The molecule has 8 heteroatoms. The lowest BCUT2D eigenvalue weighted by molar-refractivity contribution is -0.129. The van der Waals surface area contributed by atoms with Crippen LogP contribution in [0.4, 0.5) is 10.5 Å². The molecule has 0 fully saturated rings. The second-order valence-electron chi connectivity index (χ2n) is 4.77. The van der Waals surface area contributed by atoms with Crippen LogP contribution in [0.2, 0.25) is 0 Å². The van der Waals surface area contributed by atoms with Crippen molar-refractivity contribution in [3.8, 4) is 5.75 Å². The van der Waals surface area contributed by atoms with Crippen molar-refractivity contribution in [1.82, 2.24) is 11.0 Å². The number of rotatable bonds is 10. The number of hydrogen-bond donors (Lipinski definition) is 4. The van der Waals surface area contributed by atoms with E-state index >= 15 is 0 Å². The van der Waals surface area contributed by atoms with Crippen LogP contribution in [0.15, 0.2) is 24.3 Å². The Morgan fingerprint density at radius 1 is 1.13 bits per heavy atom. The van der Waals surface area contributed by atoms with Crippen molar-refractivity contribution in [2.45, 2.75) is 32.6 Å². The van der Waals surface area contributed by atoms with Crippen LogP contribution in [-0.4, -0.2) is 30.4 Å². The quantitative estimate of drug-likeness (QED) is 0.299. The SMILES string of the molecule is CCCOc1ccc(NC(=O)NOCCCCC(=O)NO)cc1. The van der Waals surface area contributed by atoms with Crippen molar-refractivity contribution in [2.75, 3.05) is 18.5 Å². The summed E-state index contributed by atoms with van der Waals surface area (Å²) in [5, 5.41) is 10.9. The van der Waals surface area contributed by atoms with Crippen LogP contribution in [0.5, 0.6) is 5.75 Å². The average molecular weight is 325 g/mol. The lowest BCUT2D eigenvalue weighted by Gasteiger charge is -2.09. The fourth-order valence-corrected chi connectivity index (χ4v) is 1.64. The van der Waals surface area contributed by atoms with Crippen LogP contribution in [-0.2, 0) is 9.63 Å². The standard InChI is InChI=1S/C15H23N3O5/c1-2-10-22-13-8-6-12(7-9-13)16-15(20)18-23-11-4-3-5-14(19)17-21/h6-9,21H,2-5,10-11H2,1H3,(H,17,19)(H2,16,18,20). The summed E-state index contributed by atoms with van der Waals surface area (Å²) in [7, 11) is 0. The van der Waals surface area contributed by atoms with Crippen LogP contribution < -0.4 is 21.0 Å². The number of anilines is 1. The molecule has 1 rings (SSSR count). The summed E-state index contributed by atoms with van der Waals surface area (Å²) < 4.78 is 5.45. The molecule has 0 spiro atoms. The highest BCUT2D eigenvalue weighted by Crippen LogP contribution is 2.15. The summed E-state index contributed by atoms with van der Waals surface area (Å²) in [5.74, 6) is 0.308. The largest absolute Gasteiger partial charge is 0.494 e. The van der Waals surface area contributed by atoms with E-state index in [1.54, 1.807) is 29.7 Å². The third-order valence-electron chi connectivity index (χ3n) is 2.77. The van der Waals surface area contributed by atoms with E-state index in [1.807, 2.05) is 6.92 Å². The van der Waals surface area contributed by atoms with E-state index in [9.17, 15) is 9.59 Å². The van der Waals surface area contributed by atoms with Crippen molar-refractivity contribution in [1.29, 1.82) is 0 Å². The minimum Gasteiger partial charge on any atom is -0.494 e. The van der Waals surface area contributed by atoms with Gasteiger partial charge in [0.2, 0.25) is 5.91 Å². The Bertz CT molecular complexity index is 479. The molecule has 23 heavy (non-hydrogen) atoms. The van der Waals surface area contributed by atoms with Gasteiger partial charge in [-0.05, 0) is 43.5 Å². The molecule has 4 N–H and O–H groups in total. The molecule has 0 radical (unpaired) electrons. The smallest absolute Gasteiger partial charge is 0.343 e. The summed E-state index contributed by atoms with van der Waals surface area (Å²) >= 11 is 0. The van der Waals surface area contributed by atoms with E-state index in [-0.39, 0.29) is 13.0 Å². The third kappa shape index (κ3) is 8.64. The highest BCUT2D eigenvalue weighted by Gasteiger charge is 2.03. The topological polar surface area (TPSA) is 109 Å². The molecule has 0 unspecified atom stereocenters. The van der Waals surface area contributed by atoms with Crippen molar-refractivity contribution < 1.29 is 24.4 Å². The fourth-order valence-electron chi connectivity index (χ4n) is 1.64. The fraction of sp³-hybridized carbons (Fsp3) is 0.467. The minimum absolute atomic E-state index is 0.207. The number of amides is 3. The first kappa shape index (κ1) is 18.7. The van der Waals surface area contributed by atoms with Gasteiger partial charge in [0.1, 0.15) is 5.75 Å². The molecule has 0 bridgehead atoms. The Morgan fingerprint density at radius 2 is 1.87 bits per heavy atom. The van der Waals surface area contributed by atoms with E-state index in [4.69, 9.17) is 14.8 Å². The lowest BCUT2D eigenvalue weighted by atomic mass is 10.2. The summed E-state index contributed by atoms with van der Waals surface area (Å²) in [4.78, 5) is 27.3. The molecule has 0 aliphatic carbocycles. The predicted octanol–water partition coefficient (Wildman–Crippen LogP) is 2.20.